The first-order valence-corrected chi connectivity index (χ1v) is 10.0. The summed E-state index contributed by atoms with van der Waals surface area (Å²) < 4.78 is 27.6. The van der Waals surface area contributed by atoms with Gasteiger partial charge in [-0.2, -0.15) is 0 Å². The molecule has 2 aromatic carbocycles. The largest absolute Gasteiger partial charge is 0.274 e. The molecule has 1 amide bonds. The van der Waals surface area contributed by atoms with E-state index in [2.05, 4.69) is 16.9 Å². The third kappa shape index (κ3) is 2.58. The van der Waals surface area contributed by atoms with Gasteiger partial charge in [0.2, 0.25) is 5.91 Å². The molecular weight excluding hydrogens is 334 g/mol. The maximum absolute atomic E-state index is 12.7. The van der Waals surface area contributed by atoms with Crippen molar-refractivity contribution >= 4 is 15.9 Å². The number of sulfonamides is 1. The number of aryl methyl sites for hydroxylation is 3. The molecule has 130 valence electrons. The van der Waals surface area contributed by atoms with Crippen LogP contribution in [0.3, 0.4) is 0 Å². The van der Waals surface area contributed by atoms with Gasteiger partial charge in [0, 0.05) is 11.3 Å². The lowest BCUT2D eigenvalue weighted by Crippen LogP contribution is -2.34. The quantitative estimate of drug-likeness (QED) is 0.920. The highest BCUT2D eigenvalue weighted by molar-refractivity contribution is 7.90. The fourth-order valence-electron chi connectivity index (χ4n) is 4.30. The van der Waals surface area contributed by atoms with Crippen molar-refractivity contribution in [1.29, 1.82) is 0 Å². The molecule has 0 radical (unpaired) electrons. The van der Waals surface area contributed by atoms with Crippen LogP contribution in [0.4, 0.5) is 0 Å². The van der Waals surface area contributed by atoms with Crippen molar-refractivity contribution < 1.29 is 13.2 Å². The molecule has 1 saturated carbocycles. The second kappa shape index (κ2) is 5.43. The summed E-state index contributed by atoms with van der Waals surface area (Å²) in [6.07, 6.45) is 2.62. The summed E-state index contributed by atoms with van der Waals surface area (Å²) in [6, 6.07) is 13.3. The molecule has 5 heteroatoms. The topological polar surface area (TPSA) is 63.2 Å². The minimum atomic E-state index is -3.84. The Labute approximate surface area is 148 Å². The van der Waals surface area contributed by atoms with Gasteiger partial charge >= 0.3 is 0 Å². The number of rotatable bonds is 3. The fourth-order valence-corrected chi connectivity index (χ4v) is 5.55. The van der Waals surface area contributed by atoms with E-state index in [1.807, 2.05) is 25.1 Å². The van der Waals surface area contributed by atoms with Gasteiger partial charge in [0.25, 0.3) is 10.0 Å². The summed E-state index contributed by atoms with van der Waals surface area (Å²) in [7, 11) is -3.84. The molecule has 2 aliphatic carbocycles. The lowest BCUT2D eigenvalue weighted by molar-refractivity contribution is -0.121. The zero-order chi connectivity index (χ0) is 17.8. The van der Waals surface area contributed by atoms with E-state index in [-0.39, 0.29) is 22.1 Å². The molecule has 1 N–H and O–H groups in total. The Balaban J connectivity index is 1.56. The molecular formula is C20H21NO3S. The van der Waals surface area contributed by atoms with E-state index in [1.165, 1.54) is 11.1 Å². The first kappa shape index (κ1) is 16.3. The van der Waals surface area contributed by atoms with Crippen LogP contribution in [-0.4, -0.2) is 14.3 Å². The van der Waals surface area contributed by atoms with Crippen molar-refractivity contribution in [3.8, 4) is 0 Å². The first-order valence-electron chi connectivity index (χ1n) is 8.56. The number of carbonyl (C=O) groups excluding carboxylic acids is 1. The average molecular weight is 355 g/mol. The van der Waals surface area contributed by atoms with E-state index in [1.54, 1.807) is 19.1 Å². The third-order valence-electron chi connectivity index (χ3n) is 5.64. The van der Waals surface area contributed by atoms with Gasteiger partial charge < -0.3 is 0 Å². The highest BCUT2D eigenvalue weighted by Crippen LogP contribution is 2.61. The SMILES string of the molecule is Cc1ccc(S(=O)(=O)NC(=O)C2CC23CCc2ccccc23)c(C)c1. The number of hydrogen-bond donors (Lipinski definition) is 1. The molecule has 0 saturated heterocycles. The normalized spacial score (nSPS) is 24.2. The second-order valence-corrected chi connectivity index (χ2v) is 8.96. The summed E-state index contributed by atoms with van der Waals surface area (Å²) in [5.74, 6) is -0.631. The molecule has 4 rings (SSSR count). The number of benzene rings is 2. The maximum atomic E-state index is 12.7. The van der Waals surface area contributed by atoms with Gasteiger partial charge in [-0.1, -0.05) is 42.0 Å². The Kier molecular flexibility index (Phi) is 3.55. The van der Waals surface area contributed by atoms with Crippen molar-refractivity contribution in [2.45, 2.75) is 43.4 Å². The van der Waals surface area contributed by atoms with E-state index in [4.69, 9.17) is 0 Å². The molecule has 0 bridgehead atoms. The first-order chi connectivity index (χ1) is 11.8. The van der Waals surface area contributed by atoms with Crippen molar-refractivity contribution in [2.24, 2.45) is 5.92 Å². The molecule has 2 aromatic rings. The van der Waals surface area contributed by atoms with E-state index < -0.39 is 10.0 Å². The Morgan fingerprint density at radius 1 is 1.16 bits per heavy atom. The van der Waals surface area contributed by atoms with Gasteiger partial charge in [-0.3, -0.25) is 4.79 Å². The van der Waals surface area contributed by atoms with E-state index >= 15 is 0 Å². The zero-order valence-corrected chi connectivity index (χ0v) is 15.2. The monoisotopic (exact) mass is 355 g/mol. The number of fused-ring (bicyclic) bond motifs is 2. The van der Waals surface area contributed by atoms with E-state index in [9.17, 15) is 13.2 Å². The van der Waals surface area contributed by atoms with Crippen molar-refractivity contribution in [3.05, 3.63) is 64.7 Å². The number of nitrogens with one attached hydrogen (secondary N) is 1. The highest BCUT2D eigenvalue weighted by Gasteiger charge is 2.61. The summed E-state index contributed by atoms with van der Waals surface area (Å²) in [5, 5.41) is 0. The number of carbonyl (C=O) groups is 1. The Morgan fingerprint density at radius 2 is 1.92 bits per heavy atom. The van der Waals surface area contributed by atoms with E-state index in [0.717, 1.165) is 24.8 Å². The van der Waals surface area contributed by atoms with Crippen molar-refractivity contribution in [1.82, 2.24) is 4.72 Å². The minimum absolute atomic E-state index is 0.154. The standard InChI is InChI=1S/C20H21NO3S/c1-13-7-8-18(14(2)11-13)25(23,24)21-19(22)17-12-20(17)10-9-15-5-3-4-6-16(15)20/h3-8,11,17H,9-10,12H2,1-2H3,(H,21,22). The molecule has 0 heterocycles. The smallest absolute Gasteiger partial charge is 0.264 e. The van der Waals surface area contributed by atoms with Crippen LogP contribution in [0.25, 0.3) is 0 Å². The zero-order valence-electron chi connectivity index (χ0n) is 14.4. The highest BCUT2D eigenvalue weighted by atomic mass is 32.2. The van der Waals surface area contributed by atoms with Gasteiger partial charge in [0.05, 0.1) is 4.90 Å². The lowest BCUT2D eigenvalue weighted by Gasteiger charge is -2.13. The van der Waals surface area contributed by atoms with Crippen LogP contribution in [0.1, 0.15) is 35.1 Å². The maximum Gasteiger partial charge on any atom is 0.264 e. The van der Waals surface area contributed by atoms with Crippen LogP contribution in [0.15, 0.2) is 47.4 Å². The summed E-state index contributed by atoms with van der Waals surface area (Å²) in [6.45, 7) is 3.66. The Bertz CT molecular complexity index is 980. The number of hydrogen-bond acceptors (Lipinski definition) is 3. The summed E-state index contributed by atoms with van der Waals surface area (Å²) in [5.41, 5.74) is 4.00. The van der Waals surface area contributed by atoms with Gasteiger partial charge in [-0.15, -0.1) is 0 Å². The van der Waals surface area contributed by atoms with Crippen molar-refractivity contribution in [3.63, 3.8) is 0 Å². The van der Waals surface area contributed by atoms with Gasteiger partial charge in [0.1, 0.15) is 0 Å². The second-order valence-electron chi connectivity index (χ2n) is 7.31. The molecule has 1 fully saturated rings. The van der Waals surface area contributed by atoms with Crippen LogP contribution in [0, 0.1) is 19.8 Å². The molecule has 2 aliphatic rings. The van der Waals surface area contributed by atoms with Crippen LogP contribution in [-0.2, 0) is 26.7 Å². The minimum Gasteiger partial charge on any atom is -0.274 e. The summed E-state index contributed by atoms with van der Waals surface area (Å²) in [4.78, 5) is 12.8. The molecule has 25 heavy (non-hydrogen) atoms. The summed E-state index contributed by atoms with van der Waals surface area (Å²) >= 11 is 0. The molecule has 4 nitrogen and oxygen atoms in total. The molecule has 0 aromatic heterocycles. The Morgan fingerprint density at radius 3 is 2.68 bits per heavy atom. The average Bonchev–Trinajstić information content (AvgIpc) is 3.17. The van der Waals surface area contributed by atoms with E-state index in [0.29, 0.717) is 5.56 Å². The van der Waals surface area contributed by atoms with Crippen LogP contribution < -0.4 is 4.72 Å². The third-order valence-corrected chi connectivity index (χ3v) is 7.15. The van der Waals surface area contributed by atoms with Crippen LogP contribution in [0.2, 0.25) is 0 Å². The van der Waals surface area contributed by atoms with Gasteiger partial charge in [0.15, 0.2) is 0 Å². The Hall–Kier alpha value is -2.14. The van der Waals surface area contributed by atoms with Crippen LogP contribution in [0.5, 0.6) is 0 Å². The molecule has 2 atom stereocenters. The van der Waals surface area contributed by atoms with Crippen LogP contribution >= 0.6 is 0 Å². The van der Waals surface area contributed by atoms with Crippen molar-refractivity contribution in [2.75, 3.05) is 0 Å². The van der Waals surface area contributed by atoms with Gasteiger partial charge in [-0.25, -0.2) is 13.1 Å². The predicted octanol–water partition coefficient (Wildman–Crippen LogP) is 3.01. The fraction of sp³-hybridized carbons (Fsp3) is 0.350. The lowest BCUT2D eigenvalue weighted by atomic mass is 9.95. The molecule has 0 aliphatic heterocycles. The van der Waals surface area contributed by atoms with Gasteiger partial charge in [-0.05, 0) is 55.9 Å². The molecule has 1 spiro atoms. The number of amides is 1. The predicted molar refractivity (Wildman–Crippen MR) is 95.8 cm³/mol. The molecule has 2 unspecified atom stereocenters.